The van der Waals surface area contributed by atoms with Crippen molar-refractivity contribution >= 4 is 5.78 Å². The Labute approximate surface area is 97.1 Å². The van der Waals surface area contributed by atoms with Gasteiger partial charge in [0, 0.05) is 22.9 Å². The summed E-state index contributed by atoms with van der Waals surface area (Å²) in [5, 5.41) is 0. The SMILES string of the molecule is Cc1ccc(C(=O)C2CCCCC2)c(C)n1. The second-order valence-electron chi connectivity index (χ2n) is 4.78. The lowest BCUT2D eigenvalue weighted by Crippen LogP contribution is -2.19. The van der Waals surface area contributed by atoms with Crippen LogP contribution in [0.2, 0.25) is 0 Å². The van der Waals surface area contributed by atoms with Gasteiger partial charge in [-0.1, -0.05) is 19.3 Å². The fourth-order valence-corrected chi connectivity index (χ4v) is 2.53. The first-order chi connectivity index (χ1) is 7.68. The second kappa shape index (κ2) is 4.77. The summed E-state index contributed by atoms with van der Waals surface area (Å²) in [5.74, 6) is 0.557. The fourth-order valence-electron chi connectivity index (χ4n) is 2.53. The lowest BCUT2D eigenvalue weighted by Gasteiger charge is -2.20. The molecule has 1 aliphatic rings. The molecule has 2 heteroatoms. The van der Waals surface area contributed by atoms with E-state index in [9.17, 15) is 4.79 Å². The molecule has 1 aliphatic carbocycles. The number of Topliss-reactive ketones (excluding diaryl/α,β-unsaturated/α-hetero) is 1. The minimum Gasteiger partial charge on any atom is -0.294 e. The molecule has 0 radical (unpaired) electrons. The van der Waals surface area contributed by atoms with Crippen LogP contribution in [0.3, 0.4) is 0 Å². The normalized spacial score (nSPS) is 17.4. The van der Waals surface area contributed by atoms with Gasteiger partial charge in [-0.3, -0.25) is 9.78 Å². The molecule has 0 amide bonds. The first-order valence-electron chi connectivity index (χ1n) is 6.17. The van der Waals surface area contributed by atoms with Gasteiger partial charge in [0.25, 0.3) is 0 Å². The minimum absolute atomic E-state index is 0.247. The molecule has 1 fully saturated rings. The van der Waals surface area contributed by atoms with E-state index < -0.39 is 0 Å². The van der Waals surface area contributed by atoms with Gasteiger partial charge in [0.15, 0.2) is 5.78 Å². The summed E-state index contributed by atoms with van der Waals surface area (Å²) in [4.78, 5) is 16.7. The molecule has 0 aliphatic heterocycles. The number of aromatic nitrogens is 1. The Kier molecular flexibility index (Phi) is 3.37. The molecule has 0 spiro atoms. The zero-order valence-corrected chi connectivity index (χ0v) is 10.1. The third-order valence-electron chi connectivity index (χ3n) is 3.47. The molecule has 0 atom stereocenters. The summed E-state index contributed by atoms with van der Waals surface area (Å²) < 4.78 is 0. The molecule has 0 saturated heterocycles. The quantitative estimate of drug-likeness (QED) is 0.710. The van der Waals surface area contributed by atoms with E-state index in [1.54, 1.807) is 0 Å². The van der Waals surface area contributed by atoms with Crippen LogP contribution in [-0.2, 0) is 0 Å². The van der Waals surface area contributed by atoms with E-state index in [0.717, 1.165) is 29.8 Å². The summed E-state index contributed by atoms with van der Waals surface area (Å²) in [6.45, 7) is 3.89. The number of carbonyl (C=O) groups excluding carboxylic acids is 1. The van der Waals surface area contributed by atoms with Crippen molar-refractivity contribution in [3.05, 3.63) is 29.1 Å². The molecule has 1 aromatic heterocycles. The molecule has 86 valence electrons. The van der Waals surface area contributed by atoms with Crippen molar-refractivity contribution in [1.82, 2.24) is 4.98 Å². The van der Waals surface area contributed by atoms with Gasteiger partial charge >= 0.3 is 0 Å². The number of rotatable bonds is 2. The Morgan fingerprint density at radius 2 is 1.88 bits per heavy atom. The third kappa shape index (κ3) is 2.31. The summed E-state index contributed by atoms with van der Waals surface area (Å²) in [7, 11) is 0. The number of nitrogens with zero attached hydrogens (tertiary/aromatic N) is 1. The zero-order chi connectivity index (χ0) is 11.5. The van der Waals surface area contributed by atoms with Gasteiger partial charge in [-0.05, 0) is 38.8 Å². The average molecular weight is 217 g/mol. The molecule has 1 saturated carbocycles. The maximum absolute atomic E-state index is 12.3. The molecular formula is C14H19NO. The number of ketones is 1. The van der Waals surface area contributed by atoms with Gasteiger partial charge in [0.05, 0.1) is 0 Å². The van der Waals surface area contributed by atoms with Crippen molar-refractivity contribution in [3.63, 3.8) is 0 Å². The number of hydrogen-bond acceptors (Lipinski definition) is 2. The Morgan fingerprint density at radius 1 is 1.19 bits per heavy atom. The first kappa shape index (κ1) is 11.3. The van der Waals surface area contributed by atoms with E-state index in [0.29, 0.717) is 5.78 Å². The lowest BCUT2D eigenvalue weighted by atomic mass is 9.83. The van der Waals surface area contributed by atoms with E-state index in [2.05, 4.69) is 4.98 Å². The summed E-state index contributed by atoms with van der Waals surface area (Å²) in [6.07, 6.45) is 5.82. The van der Waals surface area contributed by atoms with Crippen molar-refractivity contribution in [2.45, 2.75) is 46.0 Å². The number of pyridine rings is 1. The van der Waals surface area contributed by atoms with Crippen molar-refractivity contribution in [2.24, 2.45) is 5.92 Å². The van der Waals surface area contributed by atoms with Crippen molar-refractivity contribution in [2.75, 3.05) is 0 Å². The molecule has 2 rings (SSSR count). The van der Waals surface area contributed by atoms with Crippen molar-refractivity contribution in [1.29, 1.82) is 0 Å². The fraction of sp³-hybridized carbons (Fsp3) is 0.571. The highest BCUT2D eigenvalue weighted by atomic mass is 16.1. The smallest absolute Gasteiger partial charge is 0.167 e. The molecular weight excluding hydrogens is 198 g/mol. The number of carbonyl (C=O) groups is 1. The molecule has 2 nitrogen and oxygen atoms in total. The van der Waals surface area contributed by atoms with Crippen LogP contribution in [-0.4, -0.2) is 10.8 Å². The Hall–Kier alpha value is -1.18. The molecule has 16 heavy (non-hydrogen) atoms. The summed E-state index contributed by atoms with van der Waals surface area (Å²) in [5.41, 5.74) is 2.70. The number of hydrogen-bond donors (Lipinski definition) is 0. The van der Waals surface area contributed by atoms with Crippen LogP contribution in [0, 0.1) is 19.8 Å². The van der Waals surface area contributed by atoms with Crippen LogP contribution in [0.25, 0.3) is 0 Å². The monoisotopic (exact) mass is 217 g/mol. The Balaban J connectivity index is 2.19. The highest BCUT2D eigenvalue weighted by molar-refractivity contribution is 5.98. The van der Waals surface area contributed by atoms with E-state index in [1.165, 1.54) is 19.3 Å². The summed E-state index contributed by atoms with van der Waals surface area (Å²) >= 11 is 0. The van der Waals surface area contributed by atoms with Gasteiger partial charge in [-0.2, -0.15) is 0 Å². The van der Waals surface area contributed by atoms with Crippen molar-refractivity contribution in [3.8, 4) is 0 Å². The van der Waals surface area contributed by atoms with E-state index in [1.807, 2.05) is 26.0 Å². The largest absolute Gasteiger partial charge is 0.294 e. The van der Waals surface area contributed by atoms with Crippen LogP contribution in [0.4, 0.5) is 0 Å². The minimum atomic E-state index is 0.247. The average Bonchev–Trinajstić information content (AvgIpc) is 2.29. The van der Waals surface area contributed by atoms with Gasteiger partial charge in [0.1, 0.15) is 0 Å². The standard InChI is InChI=1S/C14H19NO/c1-10-8-9-13(11(2)15-10)14(16)12-6-4-3-5-7-12/h8-9,12H,3-7H2,1-2H3. The predicted molar refractivity (Wildman–Crippen MR) is 64.6 cm³/mol. The van der Waals surface area contributed by atoms with Gasteiger partial charge < -0.3 is 0 Å². The third-order valence-corrected chi connectivity index (χ3v) is 3.47. The molecule has 0 N–H and O–H groups in total. The molecule has 1 aromatic rings. The first-order valence-corrected chi connectivity index (χ1v) is 6.17. The maximum Gasteiger partial charge on any atom is 0.167 e. The Bertz CT molecular complexity index is 392. The zero-order valence-electron chi connectivity index (χ0n) is 10.1. The molecule has 0 aromatic carbocycles. The molecule has 0 unspecified atom stereocenters. The topological polar surface area (TPSA) is 30.0 Å². The van der Waals surface area contributed by atoms with Crippen LogP contribution in [0.1, 0.15) is 53.8 Å². The molecule has 1 heterocycles. The van der Waals surface area contributed by atoms with Crippen molar-refractivity contribution < 1.29 is 4.79 Å². The highest BCUT2D eigenvalue weighted by Gasteiger charge is 2.23. The van der Waals surface area contributed by atoms with Gasteiger partial charge in [0.2, 0.25) is 0 Å². The Morgan fingerprint density at radius 3 is 2.50 bits per heavy atom. The van der Waals surface area contributed by atoms with E-state index in [-0.39, 0.29) is 5.92 Å². The maximum atomic E-state index is 12.3. The van der Waals surface area contributed by atoms with E-state index >= 15 is 0 Å². The van der Waals surface area contributed by atoms with Crippen LogP contribution in [0.5, 0.6) is 0 Å². The van der Waals surface area contributed by atoms with E-state index in [4.69, 9.17) is 0 Å². The predicted octanol–water partition coefficient (Wildman–Crippen LogP) is 3.46. The lowest BCUT2D eigenvalue weighted by molar-refractivity contribution is 0.0888. The second-order valence-corrected chi connectivity index (χ2v) is 4.78. The van der Waals surface area contributed by atoms with Crippen LogP contribution < -0.4 is 0 Å². The highest BCUT2D eigenvalue weighted by Crippen LogP contribution is 2.27. The molecule has 0 bridgehead atoms. The summed E-state index contributed by atoms with van der Waals surface area (Å²) in [6, 6.07) is 3.87. The van der Waals surface area contributed by atoms with Crippen LogP contribution >= 0.6 is 0 Å². The van der Waals surface area contributed by atoms with Crippen LogP contribution in [0.15, 0.2) is 12.1 Å². The number of aryl methyl sites for hydroxylation is 2. The van der Waals surface area contributed by atoms with Gasteiger partial charge in [-0.15, -0.1) is 0 Å². The van der Waals surface area contributed by atoms with Gasteiger partial charge in [-0.25, -0.2) is 0 Å².